The predicted molar refractivity (Wildman–Crippen MR) is 134 cm³/mol. The van der Waals surface area contributed by atoms with Crippen molar-refractivity contribution in [3.05, 3.63) is 47.3 Å². The molecule has 4 rings (SSSR count). The number of carbonyl (C=O) groups excluding carboxylic acids is 3. The highest BCUT2D eigenvalue weighted by atomic mass is 16.5. The first-order valence-electron chi connectivity index (χ1n) is 12.8. The molecule has 2 heterocycles. The highest BCUT2D eigenvalue weighted by molar-refractivity contribution is 6.01. The van der Waals surface area contributed by atoms with Gasteiger partial charge in [-0.2, -0.15) is 5.10 Å². The smallest absolute Gasteiger partial charge is 0.358 e. The van der Waals surface area contributed by atoms with Crippen LogP contribution >= 0.6 is 0 Å². The predicted octanol–water partition coefficient (Wildman–Crippen LogP) is 3.22. The fraction of sp³-hybridized carbons (Fsp3) is 0.556. The van der Waals surface area contributed by atoms with Crippen LogP contribution in [0.15, 0.2) is 30.3 Å². The van der Waals surface area contributed by atoms with Crippen LogP contribution in [-0.4, -0.2) is 64.3 Å². The van der Waals surface area contributed by atoms with Gasteiger partial charge in [-0.15, -0.1) is 0 Å². The maximum absolute atomic E-state index is 13.7. The maximum Gasteiger partial charge on any atom is 0.358 e. The van der Waals surface area contributed by atoms with Gasteiger partial charge in [0.2, 0.25) is 5.91 Å². The summed E-state index contributed by atoms with van der Waals surface area (Å²) in [5, 5.41) is 7.50. The molecular formula is C27H36N4O5. The Labute approximate surface area is 212 Å². The minimum absolute atomic E-state index is 0.0539. The summed E-state index contributed by atoms with van der Waals surface area (Å²) in [7, 11) is 1.27. The Morgan fingerprint density at radius 3 is 2.50 bits per heavy atom. The quantitative estimate of drug-likeness (QED) is 0.563. The third kappa shape index (κ3) is 5.24. The average molecular weight is 497 g/mol. The number of rotatable bonds is 8. The van der Waals surface area contributed by atoms with E-state index in [9.17, 15) is 14.4 Å². The highest BCUT2D eigenvalue weighted by Crippen LogP contribution is 2.30. The number of aromatic nitrogens is 2. The van der Waals surface area contributed by atoms with Gasteiger partial charge in [-0.1, -0.05) is 19.1 Å². The lowest BCUT2D eigenvalue weighted by Gasteiger charge is -2.44. The number of amides is 2. The molecule has 194 valence electrons. The van der Waals surface area contributed by atoms with E-state index in [1.165, 1.54) is 17.9 Å². The van der Waals surface area contributed by atoms with Gasteiger partial charge in [0.25, 0.3) is 5.91 Å². The van der Waals surface area contributed by atoms with Crippen LogP contribution in [0.25, 0.3) is 0 Å². The summed E-state index contributed by atoms with van der Waals surface area (Å²) < 4.78 is 11.8. The molecule has 1 aromatic heterocycles. The Kier molecular flexibility index (Phi) is 7.66. The van der Waals surface area contributed by atoms with Gasteiger partial charge in [0.15, 0.2) is 5.69 Å². The molecule has 1 aromatic carbocycles. The molecule has 0 bridgehead atoms. The van der Waals surface area contributed by atoms with Crippen molar-refractivity contribution in [1.29, 1.82) is 0 Å². The van der Waals surface area contributed by atoms with Gasteiger partial charge >= 0.3 is 5.97 Å². The van der Waals surface area contributed by atoms with Crippen LogP contribution in [0.1, 0.15) is 73.0 Å². The molecule has 1 fully saturated rings. The van der Waals surface area contributed by atoms with Gasteiger partial charge in [0, 0.05) is 18.7 Å². The summed E-state index contributed by atoms with van der Waals surface area (Å²) in [4.78, 5) is 41.1. The monoisotopic (exact) mass is 496 g/mol. The van der Waals surface area contributed by atoms with Crippen molar-refractivity contribution in [2.45, 2.75) is 71.0 Å². The molecule has 36 heavy (non-hydrogen) atoms. The molecule has 0 spiro atoms. The standard InChI is InChI=1S/C27H36N4O5/c1-5-36-21-12-8-19(9-13-21)14-15-30-24(32)23-16-22(25(33)35-4)29-31(23)17-27(30,3)26(34)28-20-10-6-18(2)7-11-20/h8-9,12-13,16,18,20H,5-7,10-11,14-15,17H2,1-4H3,(H,28,34). The third-order valence-corrected chi connectivity index (χ3v) is 7.39. The lowest BCUT2D eigenvalue weighted by atomic mass is 9.86. The Hall–Kier alpha value is -3.36. The van der Waals surface area contributed by atoms with Crippen molar-refractivity contribution in [2.75, 3.05) is 20.3 Å². The van der Waals surface area contributed by atoms with Gasteiger partial charge in [0.1, 0.15) is 17.0 Å². The zero-order valence-corrected chi connectivity index (χ0v) is 21.6. The number of carbonyl (C=O) groups is 3. The molecule has 1 saturated carbocycles. The Bertz CT molecular complexity index is 1100. The molecule has 1 aliphatic carbocycles. The molecule has 9 nitrogen and oxygen atoms in total. The van der Waals surface area contributed by atoms with E-state index in [1.807, 2.05) is 31.2 Å². The van der Waals surface area contributed by atoms with E-state index in [-0.39, 0.29) is 35.8 Å². The van der Waals surface area contributed by atoms with Crippen LogP contribution < -0.4 is 10.1 Å². The Balaban J connectivity index is 1.59. The number of benzene rings is 1. The topological polar surface area (TPSA) is 103 Å². The number of methoxy groups -OCH3 is 1. The van der Waals surface area contributed by atoms with Crippen LogP contribution in [0.5, 0.6) is 5.75 Å². The summed E-state index contributed by atoms with van der Waals surface area (Å²) in [6.07, 6.45) is 4.59. The summed E-state index contributed by atoms with van der Waals surface area (Å²) in [6.45, 7) is 7.05. The summed E-state index contributed by atoms with van der Waals surface area (Å²) in [5.41, 5.74) is 0.208. The zero-order chi connectivity index (χ0) is 25.9. The average Bonchev–Trinajstić information content (AvgIpc) is 3.30. The maximum atomic E-state index is 13.7. The summed E-state index contributed by atoms with van der Waals surface area (Å²) >= 11 is 0. The highest BCUT2D eigenvalue weighted by Gasteiger charge is 2.48. The molecule has 2 aromatic rings. The van der Waals surface area contributed by atoms with Crippen molar-refractivity contribution < 1.29 is 23.9 Å². The van der Waals surface area contributed by atoms with E-state index in [4.69, 9.17) is 9.47 Å². The van der Waals surface area contributed by atoms with Gasteiger partial charge in [-0.05, 0) is 69.6 Å². The number of nitrogens with zero attached hydrogens (tertiary/aromatic N) is 3. The molecule has 0 saturated heterocycles. The first kappa shape index (κ1) is 25.7. The molecule has 1 atom stereocenters. The summed E-state index contributed by atoms with van der Waals surface area (Å²) in [6, 6.07) is 9.30. The summed E-state index contributed by atoms with van der Waals surface area (Å²) in [5.74, 6) is 0.320. The second-order valence-electron chi connectivity index (χ2n) is 10.1. The number of nitrogens with one attached hydrogen (secondary N) is 1. The van der Waals surface area contributed by atoms with Crippen molar-refractivity contribution in [1.82, 2.24) is 20.0 Å². The molecule has 1 N–H and O–H groups in total. The van der Waals surface area contributed by atoms with Gasteiger partial charge in [0.05, 0.1) is 20.3 Å². The second kappa shape index (κ2) is 10.7. The minimum atomic E-state index is -1.15. The molecule has 1 unspecified atom stereocenters. The van der Waals surface area contributed by atoms with Crippen molar-refractivity contribution in [3.63, 3.8) is 0 Å². The van der Waals surface area contributed by atoms with Crippen molar-refractivity contribution >= 4 is 17.8 Å². The lowest BCUT2D eigenvalue weighted by Crippen LogP contribution is -2.65. The van der Waals surface area contributed by atoms with Crippen molar-refractivity contribution in [3.8, 4) is 5.75 Å². The molecule has 9 heteroatoms. The molecule has 2 aliphatic rings. The van der Waals surface area contributed by atoms with Crippen molar-refractivity contribution in [2.24, 2.45) is 5.92 Å². The number of esters is 1. The SMILES string of the molecule is CCOc1ccc(CCN2C(=O)c3cc(C(=O)OC)nn3CC2(C)C(=O)NC2CCC(C)CC2)cc1. The van der Waals surface area contributed by atoms with E-state index in [1.54, 1.807) is 11.8 Å². The van der Waals surface area contributed by atoms with Crippen LogP contribution in [0.4, 0.5) is 0 Å². The van der Waals surface area contributed by atoms with E-state index in [0.717, 1.165) is 37.0 Å². The normalized spacial score (nSPS) is 23.7. The van der Waals surface area contributed by atoms with Gasteiger partial charge < -0.3 is 19.7 Å². The largest absolute Gasteiger partial charge is 0.494 e. The van der Waals surface area contributed by atoms with Crippen LogP contribution in [0, 0.1) is 5.92 Å². The zero-order valence-electron chi connectivity index (χ0n) is 21.6. The van der Waals surface area contributed by atoms with E-state index in [0.29, 0.717) is 25.5 Å². The fourth-order valence-corrected chi connectivity index (χ4v) is 5.10. The molecular weight excluding hydrogens is 460 g/mol. The van der Waals surface area contributed by atoms with Crippen LogP contribution in [0.3, 0.4) is 0 Å². The fourth-order valence-electron chi connectivity index (χ4n) is 5.10. The van der Waals surface area contributed by atoms with Crippen LogP contribution in [0.2, 0.25) is 0 Å². The van der Waals surface area contributed by atoms with E-state index < -0.39 is 11.5 Å². The number of fused-ring (bicyclic) bond motifs is 1. The Morgan fingerprint density at radius 1 is 1.17 bits per heavy atom. The number of hydrogen-bond donors (Lipinski definition) is 1. The number of ether oxygens (including phenoxy) is 2. The second-order valence-corrected chi connectivity index (χ2v) is 10.1. The van der Waals surface area contributed by atoms with E-state index in [2.05, 4.69) is 17.3 Å². The van der Waals surface area contributed by atoms with E-state index >= 15 is 0 Å². The number of hydrogen-bond acceptors (Lipinski definition) is 6. The van der Waals surface area contributed by atoms with Gasteiger partial charge in [-0.25, -0.2) is 4.79 Å². The molecule has 2 amide bonds. The Morgan fingerprint density at radius 2 is 1.86 bits per heavy atom. The third-order valence-electron chi connectivity index (χ3n) is 7.39. The molecule has 0 radical (unpaired) electrons. The van der Waals surface area contributed by atoms with Crippen LogP contribution in [-0.2, 0) is 22.5 Å². The van der Waals surface area contributed by atoms with Gasteiger partial charge in [-0.3, -0.25) is 14.3 Å². The minimum Gasteiger partial charge on any atom is -0.494 e. The lowest BCUT2D eigenvalue weighted by molar-refractivity contribution is -0.134. The first-order valence-corrected chi connectivity index (χ1v) is 12.8. The molecule has 1 aliphatic heterocycles. The first-order chi connectivity index (χ1) is 17.2.